The number of aryl methyl sites for hydroxylation is 1. The molecule has 3 rings (SSSR count). The maximum absolute atomic E-state index is 10.3. The Hall–Kier alpha value is -1.46. The molecule has 1 aliphatic rings. The maximum Gasteiger partial charge on any atom is 0.138 e. The number of aromatic nitrogens is 2. The van der Waals surface area contributed by atoms with Crippen LogP contribution in [0.4, 0.5) is 0 Å². The highest BCUT2D eigenvalue weighted by atomic mass is 32.2. The van der Waals surface area contributed by atoms with E-state index in [1.165, 1.54) is 0 Å². The van der Waals surface area contributed by atoms with E-state index >= 15 is 0 Å². The first-order chi connectivity index (χ1) is 8.74. The SMILES string of the molecule is Cn1cc(C(O)C2CSc3ccccc3O2)cn1. The van der Waals surface area contributed by atoms with Gasteiger partial charge in [-0.2, -0.15) is 5.10 Å². The van der Waals surface area contributed by atoms with Crippen molar-refractivity contribution < 1.29 is 9.84 Å². The van der Waals surface area contributed by atoms with Crippen molar-refractivity contribution >= 4 is 11.8 Å². The van der Waals surface area contributed by atoms with Crippen molar-refractivity contribution in [1.82, 2.24) is 9.78 Å². The molecule has 0 spiro atoms. The third-order valence-corrected chi connectivity index (χ3v) is 4.09. The Bertz CT molecular complexity index is 555. The molecule has 0 aliphatic carbocycles. The minimum Gasteiger partial charge on any atom is -0.485 e. The minimum atomic E-state index is -0.639. The Morgan fingerprint density at radius 1 is 1.50 bits per heavy atom. The molecule has 0 fully saturated rings. The van der Waals surface area contributed by atoms with Crippen LogP contribution in [0.3, 0.4) is 0 Å². The zero-order chi connectivity index (χ0) is 12.5. The second-order valence-corrected chi connectivity index (χ2v) is 5.37. The van der Waals surface area contributed by atoms with Crippen LogP contribution in [0.15, 0.2) is 41.6 Å². The molecular formula is C13H14N2O2S. The number of para-hydroxylation sites is 1. The molecule has 5 heteroatoms. The van der Waals surface area contributed by atoms with Crippen molar-refractivity contribution in [2.24, 2.45) is 7.05 Å². The smallest absolute Gasteiger partial charge is 0.138 e. The molecule has 94 valence electrons. The van der Waals surface area contributed by atoms with Gasteiger partial charge in [0.2, 0.25) is 0 Å². The standard InChI is InChI=1S/C13H14N2O2S/c1-15-7-9(6-14-15)13(16)11-8-18-12-5-3-2-4-10(12)17-11/h2-7,11,13,16H,8H2,1H3. The van der Waals surface area contributed by atoms with Gasteiger partial charge in [0.25, 0.3) is 0 Å². The summed E-state index contributed by atoms with van der Waals surface area (Å²) in [7, 11) is 1.84. The van der Waals surface area contributed by atoms with Crippen molar-refractivity contribution in [1.29, 1.82) is 0 Å². The summed E-state index contributed by atoms with van der Waals surface area (Å²) >= 11 is 1.71. The summed E-state index contributed by atoms with van der Waals surface area (Å²) in [5.74, 6) is 1.59. The number of thioether (sulfide) groups is 1. The van der Waals surface area contributed by atoms with Crippen molar-refractivity contribution in [2.45, 2.75) is 17.1 Å². The lowest BCUT2D eigenvalue weighted by Crippen LogP contribution is -2.30. The third-order valence-electron chi connectivity index (χ3n) is 2.95. The molecule has 0 bridgehead atoms. The van der Waals surface area contributed by atoms with Crippen molar-refractivity contribution in [3.63, 3.8) is 0 Å². The molecule has 18 heavy (non-hydrogen) atoms. The molecule has 1 aliphatic heterocycles. The van der Waals surface area contributed by atoms with Crippen molar-refractivity contribution in [2.75, 3.05) is 5.75 Å². The molecule has 2 atom stereocenters. The zero-order valence-corrected chi connectivity index (χ0v) is 10.8. The van der Waals surface area contributed by atoms with Crippen LogP contribution in [0, 0.1) is 0 Å². The molecule has 0 radical (unpaired) electrons. The summed E-state index contributed by atoms with van der Waals surface area (Å²) in [5.41, 5.74) is 0.794. The zero-order valence-electron chi connectivity index (χ0n) is 9.98. The monoisotopic (exact) mass is 262 g/mol. The highest BCUT2D eigenvalue weighted by Crippen LogP contribution is 2.38. The van der Waals surface area contributed by atoms with Crippen LogP contribution in [-0.4, -0.2) is 26.7 Å². The molecule has 0 amide bonds. The van der Waals surface area contributed by atoms with E-state index in [0.29, 0.717) is 0 Å². The van der Waals surface area contributed by atoms with Crippen molar-refractivity contribution in [3.8, 4) is 5.75 Å². The number of aliphatic hydroxyl groups is 1. The minimum absolute atomic E-state index is 0.228. The van der Waals surface area contributed by atoms with Crippen LogP contribution in [0.25, 0.3) is 0 Å². The highest BCUT2D eigenvalue weighted by molar-refractivity contribution is 7.99. The van der Waals surface area contributed by atoms with Gasteiger partial charge in [-0.15, -0.1) is 11.8 Å². The lowest BCUT2D eigenvalue weighted by atomic mass is 10.1. The number of aliphatic hydroxyl groups excluding tert-OH is 1. The van der Waals surface area contributed by atoms with E-state index < -0.39 is 6.10 Å². The number of fused-ring (bicyclic) bond motifs is 1. The van der Waals surface area contributed by atoms with E-state index in [2.05, 4.69) is 5.10 Å². The molecule has 4 nitrogen and oxygen atoms in total. The highest BCUT2D eigenvalue weighted by Gasteiger charge is 2.28. The summed E-state index contributed by atoms with van der Waals surface area (Å²) < 4.78 is 7.53. The van der Waals surface area contributed by atoms with Gasteiger partial charge in [-0.3, -0.25) is 4.68 Å². The number of ether oxygens (including phenoxy) is 1. The molecular weight excluding hydrogens is 248 g/mol. The van der Waals surface area contributed by atoms with Gasteiger partial charge in [0.05, 0.1) is 6.20 Å². The van der Waals surface area contributed by atoms with Crippen LogP contribution in [0.2, 0.25) is 0 Å². The van der Waals surface area contributed by atoms with Crippen molar-refractivity contribution in [3.05, 3.63) is 42.2 Å². The topological polar surface area (TPSA) is 47.3 Å². The van der Waals surface area contributed by atoms with Gasteiger partial charge in [0.1, 0.15) is 18.0 Å². The van der Waals surface area contributed by atoms with E-state index in [1.807, 2.05) is 37.5 Å². The Morgan fingerprint density at radius 2 is 2.33 bits per heavy atom. The van der Waals surface area contributed by atoms with Gasteiger partial charge >= 0.3 is 0 Å². The quantitative estimate of drug-likeness (QED) is 0.899. The maximum atomic E-state index is 10.3. The van der Waals surface area contributed by atoms with Crippen LogP contribution < -0.4 is 4.74 Å². The van der Waals surface area contributed by atoms with Gasteiger partial charge in [0.15, 0.2) is 0 Å². The summed E-state index contributed by atoms with van der Waals surface area (Å²) in [6, 6.07) is 7.91. The molecule has 0 saturated heterocycles. The number of benzene rings is 1. The Balaban J connectivity index is 1.79. The third kappa shape index (κ3) is 2.11. The lowest BCUT2D eigenvalue weighted by molar-refractivity contribution is 0.0457. The fraction of sp³-hybridized carbons (Fsp3) is 0.308. The van der Waals surface area contributed by atoms with Crippen LogP contribution >= 0.6 is 11.8 Å². The fourth-order valence-electron chi connectivity index (χ4n) is 2.00. The molecule has 1 N–H and O–H groups in total. The van der Waals surface area contributed by atoms with Gasteiger partial charge in [-0.1, -0.05) is 12.1 Å². The van der Waals surface area contributed by atoms with E-state index in [9.17, 15) is 5.11 Å². The number of hydrogen-bond acceptors (Lipinski definition) is 4. The molecule has 1 aromatic heterocycles. The summed E-state index contributed by atoms with van der Waals surface area (Å²) in [4.78, 5) is 1.13. The molecule has 2 heterocycles. The van der Waals surface area contributed by atoms with E-state index in [0.717, 1.165) is 22.0 Å². The predicted octanol–water partition coefficient (Wildman–Crippen LogP) is 2.01. The summed E-state index contributed by atoms with van der Waals surface area (Å²) in [5, 5.41) is 14.4. The average Bonchev–Trinajstić information content (AvgIpc) is 2.84. The average molecular weight is 262 g/mol. The van der Waals surface area contributed by atoms with Gasteiger partial charge in [-0.25, -0.2) is 0 Å². The number of rotatable bonds is 2. The number of hydrogen-bond donors (Lipinski definition) is 1. The first-order valence-corrected chi connectivity index (χ1v) is 6.77. The van der Waals surface area contributed by atoms with Gasteiger partial charge < -0.3 is 9.84 Å². The van der Waals surface area contributed by atoms with E-state index in [-0.39, 0.29) is 6.10 Å². The number of nitrogens with zero attached hydrogens (tertiary/aromatic N) is 2. The van der Waals surface area contributed by atoms with Crippen LogP contribution in [0.5, 0.6) is 5.75 Å². The summed E-state index contributed by atoms with van der Waals surface area (Å²) in [6.07, 6.45) is 2.63. The second-order valence-electron chi connectivity index (χ2n) is 4.31. The largest absolute Gasteiger partial charge is 0.485 e. The Kier molecular flexibility index (Phi) is 3.01. The lowest BCUT2D eigenvalue weighted by Gasteiger charge is -2.28. The molecule has 0 saturated carbocycles. The Labute approximate surface area is 110 Å². The van der Waals surface area contributed by atoms with Crippen LogP contribution in [-0.2, 0) is 7.05 Å². The van der Waals surface area contributed by atoms with Gasteiger partial charge in [-0.05, 0) is 12.1 Å². The normalized spacial score (nSPS) is 20.0. The first kappa shape index (κ1) is 11.6. The second kappa shape index (κ2) is 4.66. The van der Waals surface area contributed by atoms with E-state index in [1.54, 1.807) is 22.6 Å². The molecule has 1 aromatic carbocycles. The fourth-order valence-corrected chi connectivity index (χ4v) is 3.03. The Morgan fingerprint density at radius 3 is 3.11 bits per heavy atom. The van der Waals surface area contributed by atoms with E-state index in [4.69, 9.17) is 4.74 Å². The first-order valence-electron chi connectivity index (χ1n) is 5.79. The predicted molar refractivity (Wildman–Crippen MR) is 69.7 cm³/mol. The molecule has 2 unspecified atom stereocenters. The molecule has 2 aromatic rings. The van der Waals surface area contributed by atoms with Gasteiger partial charge in [0, 0.05) is 29.5 Å². The van der Waals surface area contributed by atoms with Crippen LogP contribution in [0.1, 0.15) is 11.7 Å². The summed E-state index contributed by atoms with van der Waals surface area (Å²) in [6.45, 7) is 0.